The summed E-state index contributed by atoms with van der Waals surface area (Å²) in [6.45, 7) is 8.66. The lowest BCUT2D eigenvalue weighted by Crippen LogP contribution is -2.39. The maximum absolute atomic E-state index is 13.4. The summed E-state index contributed by atoms with van der Waals surface area (Å²) >= 11 is 3.65. The fraction of sp³-hybridized carbons (Fsp3) is 0.560. The Balaban J connectivity index is 1.79. The minimum atomic E-state index is -0.655. The van der Waals surface area contributed by atoms with E-state index in [-0.39, 0.29) is 24.0 Å². The maximum Gasteiger partial charge on any atom is 0.315 e. The molecule has 0 bridgehead atoms. The van der Waals surface area contributed by atoms with Crippen molar-refractivity contribution >= 4 is 33.4 Å². The molecule has 0 saturated heterocycles. The zero-order valence-corrected chi connectivity index (χ0v) is 20.7. The van der Waals surface area contributed by atoms with Gasteiger partial charge in [0, 0.05) is 33.8 Å². The van der Waals surface area contributed by atoms with E-state index in [1.165, 1.54) is 0 Å². The summed E-state index contributed by atoms with van der Waals surface area (Å²) in [5.74, 6) is -0.159. The number of esters is 1. The van der Waals surface area contributed by atoms with Gasteiger partial charge in [-0.25, -0.2) is 0 Å². The van der Waals surface area contributed by atoms with Gasteiger partial charge in [0.1, 0.15) is 5.92 Å². The molecule has 32 heavy (non-hydrogen) atoms. The number of hydrogen-bond donors (Lipinski definition) is 0. The Kier molecular flexibility index (Phi) is 6.48. The van der Waals surface area contributed by atoms with Crippen molar-refractivity contribution in [1.29, 1.82) is 0 Å². The number of halogens is 1. The van der Waals surface area contributed by atoms with Crippen LogP contribution in [0.2, 0.25) is 0 Å². The van der Waals surface area contributed by atoms with Gasteiger partial charge in [-0.3, -0.25) is 14.6 Å². The number of ketones is 1. The van der Waals surface area contributed by atoms with Crippen molar-refractivity contribution in [2.75, 3.05) is 13.4 Å². The fourth-order valence-electron chi connectivity index (χ4n) is 4.87. The summed E-state index contributed by atoms with van der Waals surface area (Å²) in [5, 5.41) is 0. The van der Waals surface area contributed by atoms with Crippen LogP contribution < -0.4 is 9.47 Å². The molecule has 2 aliphatic heterocycles. The Morgan fingerprint density at radius 2 is 1.94 bits per heavy atom. The number of hydrogen-bond acceptors (Lipinski definition) is 6. The van der Waals surface area contributed by atoms with Gasteiger partial charge in [-0.1, -0.05) is 49.5 Å². The summed E-state index contributed by atoms with van der Waals surface area (Å²) < 4.78 is 17.5. The van der Waals surface area contributed by atoms with Crippen LogP contribution in [0.1, 0.15) is 71.3 Å². The molecule has 0 amide bonds. The van der Waals surface area contributed by atoms with Gasteiger partial charge in [0.25, 0.3) is 0 Å². The molecule has 0 saturated carbocycles. The van der Waals surface area contributed by atoms with Gasteiger partial charge in [0.15, 0.2) is 17.3 Å². The second-order valence-corrected chi connectivity index (χ2v) is 10.5. The summed E-state index contributed by atoms with van der Waals surface area (Å²) in [4.78, 5) is 31.5. The van der Waals surface area contributed by atoms with Crippen LogP contribution in [0.3, 0.4) is 0 Å². The molecule has 0 aromatic heterocycles. The Hall–Kier alpha value is -2.15. The van der Waals surface area contributed by atoms with Crippen molar-refractivity contribution < 1.29 is 23.8 Å². The molecule has 0 fully saturated rings. The molecule has 1 aliphatic carbocycles. The van der Waals surface area contributed by atoms with Crippen molar-refractivity contribution in [3.63, 3.8) is 0 Å². The molecule has 2 atom stereocenters. The third-order valence-corrected chi connectivity index (χ3v) is 7.06. The van der Waals surface area contributed by atoms with E-state index < -0.39 is 11.8 Å². The molecule has 0 radical (unpaired) electrons. The minimum Gasteiger partial charge on any atom is -0.465 e. The molecule has 4 rings (SSSR count). The van der Waals surface area contributed by atoms with Gasteiger partial charge < -0.3 is 14.2 Å². The summed E-state index contributed by atoms with van der Waals surface area (Å²) in [6, 6.07) is 3.73. The highest BCUT2D eigenvalue weighted by Crippen LogP contribution is 2.51. The molecular formula is C25H30BrNO5. The Bertz CT molecular complexity index is 1010. The zero-order valence-electron chi connectivity index (χ0n) is 19.1. The summed E-state index contributed by atoms with van der Waals surface area (Å²) in [7, 11) is 0. The Labute approximate surface area is 197 Å². The van der Waals surface area contributed by atoms with Gasteiger partial charge in [-0.15, -0.1) is 0 Å². The average Bonchev–Trinajstić information content (AvgIpc) is 3.15. The lowest BCUT2D eigenvalue weighted by molar-refractivity contribution is -0.146. The van der Waals surface area contributed by atoms with E-state index in [4.69, 9.17) is 19.2 Å². The topological polar surface area (TPSA) is 74.2 Å². The largest absolute Gasteiger partial charge is 0.465 e. The van der Waals surface area contributed by atoms with E-state index in [0.717, 1.165) is 35.0 Å². The number of carbonyl (C=O) groups excluding carboxylic acids is 2. The molecule has 3 aliphatic rings. The molecule has 0 spiro atoms. The Morgan fingerprint density at radius 1 is 1.22 bits per heavy atom. The third kappa shape index (κ3) is 4.36. The van der Waals surface area contributed by atoms with Crippen molar-refractivity contribution in [3.05, 3.63) is 33.4 Å². The quantitative estimate of drug-likeness (QED) is 0.366. The number of benzene rings is 1. The number of ether oxygens (including phenoxy) is 3. The highest BCUT2D eigenvalue weighted by molar-refractivity contribution is 9.10. The number of allylic oxidation sites excluding steroid dienone is 2. The normalized spacial score (nSPS) is 23.7. The zero-order chi connectivity index (χ0) is 23.0. The van der Waals surface area contributed by atoms with Crippen LogP contribution >= 0.6 is 15.9 Å². The monoisotopic (exact) mass is 503 g/mol. The van der Waals surface area contributed by atoms with Gasteiger partial charge in [-0.2, -0.15) is 0 Å². The first kappa shape index (κ1) is 23.0. The predicted molar refractivity (Wildman–Crippen MR) is 125 cm³/mol. The number of rotatable bonds is 6. The van der Waals surface area contributed by atoms with Crippen LogP contribution in [-0.4, -0.2) is 30.9 Å². The highest BCUT2D eigenvalue weighted by atomic mass is 79.9. The lowest BCUT2D eigenvalue weighted by Gasteiger charge is -2.39. The maximum atomic E-state index is 13.4. The molecule has 172 valence electrons. The van der Waals surface area contributed by atoms with E-state index in [0.29, 0.717) is 42.2 Å². The smallest absolute Gasteiger partial charge is 0.315 e. The van der Waals surface area contributed by atoms with Crippen molar-refractivity contribution in [2.24, 2.45) is 16.3 Å². The van der Waals surface area contributed by atoms with E-state index in [2.05, 4.69) is 36.7 Å². The van der Waals surface area contributed by atoms with Crippen molar-refractivity contribution in [1.82, 2.24) is 0 Å². The molecule has 2 heterocycles. The Morgan fingerprint density at radius 3 is 2.66 bits per heavy atom. The highest BCUT2D eigenvalue weighted by Gasteiger charge is 2.47. The molecule has 1 aromatic carbocycles. The van der Waals surface area contributed by atoms with E-state index in [1.807, 2.05) is 19.1 Å². The SMILES string of the molecule is CCCCCOC(=O)C1C(C)=NC2=C(C(=O)CC(C)(C)C2)[C@@H]1c1cc2c(cc1Br)OCO2. The number of unbranched alkanes of at least 4 members (excludes halogenated alkanes) is 2. The molecule has 1 aromatic rings. The van der Waals surface area contributed by atoms with Crippen LogP contribution in [-0.2, 0) is 14.3 Å². The minimum absolute atomic E-state index is 0.0471. The summed E-state index contributed by atoms with van der Waals surface area (Å²) in [6.07, 6.45) is 4.00. The number of fused-ring (bicyclic) bond motifs is 1. The average molecular weight is 504 g/mol. The van der Waals surface area contributed by atoms with Gasteiger partial charge >= 0.3 is 5.97 Å². The second kappa shape index (κ2) is 9.00. The van der Waals surface area contributed by atoms with E-state index in [9.17, 15) is 9.59 Å². The van der Waals surface area contributed by atoms with E-state index in [1.54, 1.807) is 0 Å². The van der Waals surface area contributed by atoms with Crippen LogP contribution in [0.25, 0.3) is 0 Å². The first-order valence-electron chi connectivity index (χ1n) is 11.3. The molecular weight excluding hydrogens is 474 g/mol. The van der Waals surface area contributed by atoms with Gasteiger partial charge in [0.2, 0.25) is 6.79 Å². The molecule has 0 N–H and O–H groups in total. The molecule has 1 unspecified atom stereocenters. The number of carbonyl (C=O) groups is 2. The van der Waals surface area contributed by atoms with Crippen LogP contribution in [0.5, 0.6) is 11.5 Å². The van der Waals surface area contributed by atoms with E-state index >= 15 is 0 Å². The van der Waals surface area contributed by atoms with Gasteiger partial charge in [0.05, 0.1) is 6.61 Å². The van der Waals surface area contributed by atoms with Crippen molar-refractivity contribution in [2.45, 2.75) is 65.7 Å². The lowest BCUT2D eigenvalue weighted by atomic mass is 9.67. The molecule has 7 heteroatoms. The van der Waals surface area contributed by atoms with Crippen molar-refractivity contribution in [3.8, 4) is 11.5 Å². The van der Waals surface area contributed by atoms with Crippen LogP contribution in [0.15, 0.2) is 32.9 Å². The second-order valence-electron chi connectivity index (χ2n) is 9.61. The van der Waals surface area contributed by atoms with Crippen LogP contribution in [0, 0.1) is 11.3 Å². The predicted octanol–water partition coefficient (Wildman–Crippen LogP) is 5.73. The van der Waals surface area contributed by atoms with Gasteiger partial charge in [-0.05, 0) is 42.9 Å². The molecule has 6 nitrogen and oxygen atoms in total. The van der Waals surface area contributed by atoms with Crippen LogP contribution in [0.4, 0.5) is 0 Å². The fourth-order valence-corrected chi connectivity index (χ4v) is 5.44. The number of Topliss-reactive ketones (excluding diaryl/α,β-unsaturated/α-hetero) is 1. The standard InChI is InChI=1S/C25H30BrNO5/c1-5-6-7-8-30-24(29)21-14(2)27-17-11-25(3,4)12-18(28)23(17)22(21)15-9-19-20(10-16(15)26)32-13-31-19/h9-10,21-22H,5-8,11-13H2,1-4H3/t21?,22-/m1/s1. The first-order chi connectivity index (χ1) is 15.2. The number of aliphatic imine (C=N–C) groups is 1. The summed E-state index contributed by atoms with van der Waals surface area (Å²) in [5.41, 5.74) is 2.76. The first-order valence-corrected chi connectivity index (χ1v) is 12.1. The number of nitrogens with zero attached hydrogens (tertiary/aromatic N) is 1. The third-order valence-electron chi connectivity index (χ3n) is 6.38.